The molecule has 0 saturated carbocycles. The maximum Gasteiger partial charge on any atom is 0.167 e. The number of rotatable bonds is 5. The average molecular weight is 360 g/mol. The van der Waals surface area contributed by atoms with Crippen LogP contribution >= 0.6 is 0 Å². The zero-order chi connectivity index (χ0) is 18.8. The molecule has 1 aliphatic heterocycles. The van der Waals surface area contributed by atoms with E-state index in [1.165, 1.54) is 5.56 Å². The number of pyridine rings is 1. The number of aromatic nitrogens is 3. The van der Waals surface area contributed by atoms with Crippen LogP contribution < -0.4 is 5.32 Å². The lowest BCUT2D eigenvalue weighted by Gasteiger charge is -2.33. The van der Waals surface area contributed by atoms with Crippen molar-refractivity contribution >= 4 is 11.5 Å². The predicted molar refractivity (Wildman–Crippen MR) is 106 cm³/mol. The van der Waals surface area contributed by atoms with Crippen molar-refractivity contribution in [2.75, 3.05) is 18.4 Å². The van der Waals surface area contributed by atoms with Crippen LogP contribution in [0.1, 0.15) is 36.1 Å². The van der Waals surface area contributed by atoms with Gasteiger partial charge in [-0.15, -0.1) is 10.2 Å². The smallest absolute Gasteiger partial charge is 0.167 e. The van der Waals surface area contributed by atoms with E-state index < -0.39 is 0 Å². The van der Waals surface area contributed by atoms with Crippen LogP contribution in [0.15, 0.2) is 36.7 Å². The van der Waals surface area contributed by atoms with Crippen molar-refractivity contribution < 1.29 is 0 Å². The molecule has 3 aromatic rings. The zero-order valence-electron chi connectivity index (χ0n) is 15.8. The summed E-state index contributed by atoms with van der Waals surface area (Å²) in [4.78, 5) is 2.42. The highest BCUT2D eigenvalue weighted by molar-refractivity contribution is 5.68. The maximum absolute atomic E-state index is 9.91. The van der Waals surface area contributed by atoms with Crippen LogP contribution in [0.25, 0.3) is 5.65 Å². The Bertz CT molecular complexity index is 983. The van der Waals surface area contributed by atoms with Gasteiger partial charge < -0.3 is 5.32 Å². The Balaban J connectivity index is 1.68. The van der Waals surface area contributed by atoms with Gasteiger partial charge in [0.2, 0.25) is 0 Å². The molecule has 27 heavy (non-hydrogen) atoms. The number of nitrogens with zero attached hydrogens (tertiary/aromatic N) is 5. The van der Waals surface area contributed by atoms with E-state index >= 15 is 0 Å². The molecule has 1 aromatic carbocycles. The van der Waals surface area contributed by atoms with E-state index in [4.69, 9.17) is 0 Å². The fraction of sp³-hybridized carbons (Fsp3) is 0.381. The molecule has 4 rings (SSSR count). The third-order valence-corrected chi connectivity index (χ3v) is 5.36. The standard InChI is InChI=1S/C21H24N6/c1-15(2)26-11-9-17-18(12-22)20(23-10-8-16-6-4-3-5-7-16)27-14-24-25-21(27)19(17)13-26/h3-7,14-15,23H,8-11,13H2,1-2H3. The lowest BCUT2D eigenvalue weighted by atomic mass is 9.95. The number of nitrogens with one attached hydrogen (secondary N) is 1. The van der Waals surface area contributed by atoms with Crippen molar-refractivity contribution in [2.24, 2.45) is 0 Å². The summed E-state index contributed by atoms with van der Waals surface area (Å²) in [6, 6.07) is 13.3. The van der Waals surface area contributed by atoms with E-state index in [9.17, 15) is 5.26 Å². The van der Waals surface area contributed by atoms with Crippen LogP contribution in [0.2, 0.25) is 0 Å². The number of anilines is 1. The van der Waals surface area contributed by atoms with Crippen molar-refractivity contribution in [2.45, 2.75) is 39.3 Å². The van der Waals surface area contributed by atoms with Crippen molar-refractivity contribution in [3.8, 4) is 6.07 Å². The Labute approximate surface area is 159 Å². The van der Waals surface area contributed by atoms with Crippen LogP contribution in [0.4, 0.5) is 5.82 Å². The Morgan fingerprint density at radius 2 is 2.04 bits per heavy atom. The molecule has 2 aromatic heterocycles. The van der Waals surface area contributed by atoms with Gasteiger partial charge in [0.05, 0.1) is 5.56 Å². The molecule has 0 spiro atoms. The van der Waals surface area contributed by atoms with E-state index in [1.807, 2.05) is 22.6 Å². The quantitative estimate of drug-likeness (QED) is 0.757. The third-order valence-electron chi connectivity index (χ3n) is 5.36. The first-order valence-electron chi connectivity index (χ1n) is 9.48. The SMILES string of the molecule is CC(C)N1CCc2c(C#N)c(NCCc3ccccc3)n3cnnc3c2C1. The van der Waals surface area contributed by atoms with Crippen molar-refractivity contribution in [1.29, 1.82) is 5.26 Å². The van der Waals surface area contributed by atoms with E-state index in [2.05, 4.69) is 52.5 Å². The molecule has 0 radical (unpaired) electrons. The van der Waals surface area contributed by atoms with Gasteiger partial charge in [0.15, 0.2) is 5.65 Å². The predicted octanol–water partition coefficient (Wildman–Crippen LogP) is 3.02. The number of hydrogen-bond donors (Lipinski definition) is 1. The third kappa shape index (κ3) is 3.26. The molecule has 0 fully saturated rings. The van der Waals surface area contributed by atoms with Crippen LogP contribution in [0.5, 0.6) is 0 Å². The van der Waals surface area contributed by atoms with Gasteiger partial charge in [-0.1, -0.05) is 30.3 Å². The molecule has 1 aliphatic rings. The number of fused-ring (bicyclic) bond motifs is 3. The second kappa shape index (κ2) is 7.37. The fourth-order valence-electron chi connectivity index (χ4n) is 3.84. The summed E-state index contributed by atoms with van der Waals surface area (Å²) in [6.45, 7) is 6.94. The normalized spacial score (nSPS) is 14.3. The topological polar surface area (TPSA) is 69.2 Å². The monoisotopic (exact) mass is 360 g/mol. The van der Waals surface area contributed by atoms with Gasteiger partial charge in [-0.05, 0) is 37.8 Å². The van der Waals surface area contributed by atoms with Gasteiger partial charge in [-0.2, -0.15) is 5.26 Å². The highest BCUT2D eigenvalue weighted by Gasteiger charge is 2.27. The summed E-state index contributed by atoms with van der Waals surface area (Å²) in [5.74, 6) is 0.810. The molecule has 0 aliphatic carbocycles. The summed E-state index contributed by atoms with van der Waals surface area (Å²) >= 11 is 0. The minimum absolute atomic E-state index is 0.468. The highest BCUT2D eigenvalue weighted by atomic mass is 15.3. The first kappa shape index (κ1) is 17.5. The Morgan fingerprint density at radius 3 is 2.78 bits per heavy atom. The molecule has 138 valence electrons. The van der Waals surface area contributed by atoms with Crippen LogP contribution in [-0.2, 0) is 19.4 Å². The number of benzene rings is 1. The van der Waals surface area contributed by atoms with Gasteiger partial charge >= 0.3 is 0 Å². The Morgan fingerprint density at radius 1 is 1.22 bits per heavy atom. The summed E-state index contributed by atoms with van der Waals surface area (Å²) in [6.07, 6.45) is 3.47. The zero-order valence-corrected chi connectivity index (χ0v) is 15.8. The molecule has 0 atom stereocenters. The van der Waals surface area contributed by atoms with E-state index in [-0.39, 0.29) is 0 Å². The Hall–Kier alpha value is -2.91. The minimum Gasteiger partial charge on any atom is -0.370 e. The van der Waals surface area contributed by atoms with Gasteiger partial charge in [0.25, 0.3) is 0 Å². The molecule has 0 bridgehead atoms. The van der Waals surface area contributed by atoms with Crippen LogP contribution in [0, 0.1) is 11.3 Å². The largest absolute Gasteiger partial charge is 0.370 e. The molecule has 1 N–H and O–H groups in total. The number of nitriles is 1. The highest BCUT2D eigenvalue weighted by Crippen LogP contribution is 2.31. The first-order chi connectivity index (χ1) is 13.2. The average Bonchev–Trinajstić information content (AvgIpc) is 3.18. The summed E-state index contributed by atoms with van der Waals surface area (Å²) in [5.41, 5.74) is 5.12. The van der Waals surface area contributed by atoms with Crippen molar-refractivity contribution in [3.63, 3.8) is 0 Å². The van der Waals surface area contributed by atoms with Gasteiger partial charge in [0, 0.05) is 31.2 Å². The fourth-order valence-corrected chi connectivity index (χ4v) is 3.84. The number of hydrogen-bond acceptors (Lipinski definition) is 5. The van der Waals surface area contributed by atoms with Crippen molar-refractivity contribution in [1.82, 2.24) is 19.5 Å². The molecule has 0 unspecified atom stereocenters. The van der Waals surface area contributed by atoms with E-state index in [1.54, 1.807) is 6.33 Å². The van der Waals surface area contributed by atoms with Crippen molar-refractivity contribution in [3.05, 3.63) is 58.9 Å². The molecular formula is C21H24N6. The van der Waals surface area contributed by atoms with Gasteiger partial charge in [-0.3, -0.25) is 9.30 Å². The minimum atomic E-state index is 0.468. The Kier molecular flexibility index (Phi) is 4.78. The molecule has 0 saturated heterocycles. The van der Waals surface area contributed by atoms with Gasteiger partial charge in [-0.25, -0.2) is 0 Å². The van der Waals surface area contributed by atoms with E-state index in [0.29, 0.717) is 6.04 Å². The lowest BCUT2D eigenvalue weighted by molar-refractivity contribution is 0.204. The van der Waals surface area contributed by atoms with Gasteiger partial charge in [0.1, 0.15) is 18.2 Å². The van der Waals surface area contributed by atoms with Crippen LogP contribution in [-0.4, -0.2) is 38.6 Å². The molecule has 6 heteroatoms. The van der Waals surface area contributed by atoms with E-state index in [0.717, 1.165) is 60.6 Å². The van der Waals surface area contributed by atoms with Crippen LogP contribution in [0.3, 0.4) is 0 Å². The molecular weight excluding hydrogens is 336 g/mol. The molecule has 3 heterocycles. The summed E-state index contributed by atoms with van der Waals surface area (Å²) in [5, 5.41) is 21.9. The lowest BCUT2D eigenvalue weighted by Crippen LogP contribution is -2.36. The second-order valence-corrected chi connectivity index (χ2v) is 7.29. The summed E-state index contributed by atoms with van der Waals surface area (Å²) < 4.78 is 1.94. The summed E-state index contributed by atoms with van der Waals surface area (Å²) in [7, 11) is 0. The maximum atomic E-state index is 9.91. The molecule has 0 amide bonds. The second-order valence-electron chi connectivity index (χ2n) is 7.29. The first-order valence-corrected chi connectivity index (χ1v) is 9.48. The molecule has 6 nitrogen and oxygen atoms in total.